The molecular weight excluding hydrogens is 252 g/mol. The predicted octanol–water partition coefficient (Wildman–Crippen LogP) is 2.33. The van der Waals surface area contributed by atoms with Gasteiger partial charge in [0, 0.05) is 12.6 Å². The van der Waals surface area contributed by atoms with Crippen molar-refractivity contribution >= 4 is 11.8 Å². The fraction of sp³-hybridized carbons (Fsp3) is 0.875. The molecule has 0 aromatic carbocycles. The van der Waals surface area contributed by atoms with Gasteiger partial charge < -0.3 is 5.32 Å². The summed E-state index contributed by atoms with van der Waals surface area (Å²) in [5.74, 6) is 0.552. The summed E-state index contributed by atoms with van der Waals surface area (Å²) < 4.78 is 0. The molecule has 1 N–H and O–H groups in total. The van der Waals surface area contributed by atoms with Crippen LogP contribution in [0.3, 0.4) is 0 Å². The average Bonchev–Trinajstić information content (AvgIpc) is 2.95. The number of rotatable bonds is 5. The Morgan fingerprint density at radius 2 is 1.85 bits per heavy atom. The fourth-order valence-electron chi connectivity index (χ4n) is 2.95. The number of carbonyl (C=O) groups excluding carboxylic acids is 2. The molecule has 1 atom stereocenters. The van der Waals surface area contributed by atoms with Gasteiger partial charge in [-0.15, -0.1) is 0 Å². The molecule has 0 spiro atoms. The van der Waals surface area contributed by atoms with Gasteiger partial charge in [-0.2, -0.15) is 0 Å². The maximum absolute atomic E-state index is 12.4. The Labute approximate surface area is 122 Å². The van der Waals surface area contributed by atoms with Crippen LogP contribution in [0.2, 0.25) is 0 Å². The molecule has 2 aliphatic rings. The van der Waals surface area contributed by atoms with Crippen LogP contribution in [0.15, 0.2) is 0 Å². The Kier molecular flexibility index (Phi) is 4.52. The third-order valence-corrected chi connectivity index (χ3v) is 5.24. The molecule has 0 aromatic heterocycles. The van der Waals surface area contributed by atoms with Crippen molar-refractivity contribution in [3.8, 4) is 0 Å². The number of nitrogens with one attached hydrogen (secondary N) is 1. The largest absolute Gasteiger partial charge is 0.305 e. The molecule has 2 amide bonds. The highest BCUT2D eigenvalue weighted by atomic mass is 16.2. The molecular formula is C16H28N2O2. The van der Waals surface area contributed by atoms with E-state index >= 15 is 0 Å². The molecule has 1 heterocycles. The zero-order valence-electron chi connectivity index (χ0n) is 13.2. The Bertz CT molecular complexity index is 384. The lowest BCUT2D eigenvalue weighted by molar-refractivity contribution is -0.141. The Balaban J connectivity index is 1.94. The van der Waals surface area contributed by atoms with Crippen LogP contribution < -0.4 is 5.32 Å². The minimum absolute atomic E-state index is 0.00135. The number of imide groups is 1. The van der Waals surface area contributed by atoms with Crippen LogP contribution in [0.5, 0.6) is 0 Å². The number of hydrogen-bond acceptors (Lipinski definition) is 3. The van der Waals surface area contributed by atoms with Gasteiger partial charge in [-0.25, -0.2) is 0 Å². The minimum Gasteiger partial charge on any atom is -0.305 e. The average molecular weight is 280 g/mol. The molecule has 1 saturated carbocycles. The summed E-state index contributed by atoms with van der Waals surface area (Å²) in [5.41, 5.74) is 0.129. The highest BCUT2D eigenvalue weighted by Crippen LogP contribution is 2.29. The van der Waals surface area contributed by atoms with Crippen molar-refractivity contribution in [3.63, 3.8) is 0 Å². The van der Waals surface area contributed by atoms with Gasteiger partial charge in [-0.1, -0.05) is 40.5 Å². The summed E-state index contributed by atoms with van der Waals surface area (Å²) >= 11 is 0. The van der Waals surface area contributed by atoms with Gasteiger partial charge in [-0.05, 0) is 24.2 Å². The molecule has 0 bridgehead atoms. The Morgan fingerprint density at radius 3 is 2.40 bits per heavy atom. The SMILES string of the molecule is CC(C)C(C)(C)CNC1CC(=O)N(C2CCCC2)C1=O. The second-order valence-electron chi connectivity index (χ2n) is 7.32. The zero-order valence-corrected chi connectivity index (χ0v) is 13.2. The number of likely N-dealkylation sites (tertiary alicyclic amines) is 1. The van der Waals surface area contributed by atoms with E-state index < -0.39 is 0 Å². The van der Waals surface area contributed by atoms with Crippen molar-refractivity contribution in [1.29, 1.82) is 0 Å². The van der Waals surface area contributed by atoms with Gasteiger partial charge in [0.15, 0.2) is 0 Å². The summed E-state index contributed by atoms with van der Waals surface area (Å²) in [6.07, 6.45) is 4.59. The first-order valence-corrected chi connectivity index (χ1v) is 7.92. The molecule has 2 fully saturated rings. The predicted molar refractivity (Wildman–Crippen MR) is 79.1 cm³/mol. The molecule has 1 aliphatic carbocycles. The van der Waals surface area contributed by atoms with Crippen molar-refractivity contribution in [3.05, 3.63) is 0 Å². The van der Waals surface area contributed by atoms with Crippen molar-refractivity contribution in [2.45, 2.75) is 71.9 Å². The topological polar surface area (TPSA) is 49.4 Å². The lowest BCUT2D eigenvalue weighted by atomic mass is 9.81. The van der Waals surface area contributed by atoms with Crippen LogP contribution in [-0.4, -0.2) is 35.3 Å². The smallest absolute Gasteiger partial charge is 0.247 e. The van der Waals surface area contributed by atoms with E-state index in [1.165, 1.54) is 0 Å². The highest BCUT2D eigenvalue weighted by molar-refractivity contribution is 6.05. The Morgan fingerprint density at radius 1 is 1.25 bits per heavy atom. The van der Waals surface area contributed by atoms with Crippen LogP contribution in [0.4, 0.5) is 0 Å². The van der Waals surface area contributed by atoms with Gasteiger partial charge >= 0.3 is 0 Å². The molecule has 2 rings (SSSR count). The first kappa shape index (κ1) is 15.5. The van der Waals surface area contributed by atoms with Gasteiger partial charge in [0.25, 0.3) is 0 Å². The highest BCUT2D eigenvalue weighted by Gasteiger charge is 2.43. The van der Waals surface area contributed by atoms with Crippen LogP contribution in [0.25, 0.3) is 0 Å². The van der Waals surface area contributed by atoms with Crippen LogP contribution in [0.1, 0.15) is 59.8 Å². The first-order chi connectivity index (χ1) is 9.33. The van der Waals surface area contributed by atoms with Crippen LogP contribution in [0, 0.1) is 11.3 Å². The van der Waals surface area contributed by atoms with E-state index in [9.17, 15) is 9.59 Å². The number of carbonyl (C=O) groups is 2. The van der Waals surface area contributed by atoms with Crippen LogP contribution in [-0.2, 0) is 9.59 Å². The normalized spacial score (nSPS) is 25.2. The molecule has 1 saturated heterocycles. The van der Waals surface area contributed by atoms with E-state index in [1.807, 2.05) is 0 Å². The summed E-state index contributed by atoms with van der Waals surface area (Å²) in [5, 5.41) is 3.32. The first-order valence-electron chi connectivity index (χ1n) is 7.92. The van der Waals surface area contributed by atoms with Gasteiger partial charge in [-0.3, -0.25) is 14.5 Å². The lowest BCUT2D eigenvalue weighted by Crippen LogP contribution is -2.45. The molecule has 0 aromatic rings. The number of nitrogens with zero attached hydrogens (tertiary/aromatic N) is 1. The van der Waals surface area contributed by atoms with Gasteiger partial charge in [0.05, 0.1) is 12.5 Å². The summed E-state index contributed by atoms with van der Waals surface area (Å²) in [6, 6.07) is -0.138. The van der Waals surface area contributed by atoms with Crippen molar-refractivity contribution in [2.75, 3.05) is 6.54 Å². The maximum Gasteiger partial charge on any atom is 0.247 e. The Hall–Kier alpha value is -0.900. The quantitative estimate of drug-likeness (QED) is 0.786. The fourth-order valence-corrected chi connectivity index (χ4v) is 2.95. The third kappa shape index (κ3) is 3.05. The van der Waals surface area contributed by atoms with Crippen molar-refractivity contribution < 1.29 is 9.59 Å². The van der Waals surface area contributed by atoms with Crippen LogP contribution >= 0.6 is 0 Å². The van der Waals surface area contributed by atoms with E-state index in [-0.39, 0.29) is 29.3 Å². The number of amides is 2. The number of hydrogen-bond donors (Lipinski definition) is 1. The van der Waals surface area contributed by atoms with Gasteiger partial charge in [0.1, 0.15) is 0 Å². The summed E-state index contributed by atoms with van der Waals surface area (Å²) in [4.78, 5) is 26.1. The molecule has 4 nitrogen and oxygen atoms in total. The van der Waals surface area contributed by atoms with E-state index in [4.69, 9.17) is 0 Å². The van der Waals surface area contributed by atoms with Crippen molar-refractivity contribution in [2.24, 2.45) is 11.3 Å². The zero-order chi connectivity index (χ0) is 14.9. The minimum atomic E-state index is -0.305. The second-order valence-corrected chi connectivity index (χ2v) is 7.32. The maximum atomic E-state index is 12.4. The molecule has 1 unspecified atom stereocenters. The lowest BCUT2D eigenvalue weighted by Gasteiger charge is -2.30. The second kappa shape index (κ2) is 5.84. The molecule has 1 aliphatic heterocycles. The molecule has 0 radical (unpaired) electrons. The van der Waals surface area contributed by atoms with Crippen molar-refractivity contribution in [1.82, 2.24) is 10.2 Å². The van der Waals surface area contributed by atoms with E-state index in [0.29, 0.717) is 12.3 Å². The molecule has 4 heteroatoms. The van der Waals surface area contributed by atoms with Gasteiger partial charge in [0.2, 0.25) is 11.8 Å². The summed E-state index contributed by atoms with van der Waals surface area (Å²) in [6.45, 7) is 9.54. The monoisotopic (exact) mass is 280 g/mol. The third-order valence-electron chi connectivity index (χ3n) is 5.24. The standard InChI is InChI=1S/C16H28N2O2/c1-11(2)16(3,4)10-17-13-9-14(19)18(15(13)20)12-7-5-6-8-12/h11-13,17H,5-10H2,1-4H3. The molecule has 20 heavy (non-hydrogen) atoms. The molecule has 114 valence electrons. The summed E-state index contributed by atoms with van der Waals surface area (Å²) in [7, 11) is 0. The van der Waals surface area contributed by atoms with E-state index in [0.717, 1.165) is 32.2 Å². The van der Waals surface area contributed by atoms with E-state index in [1.54, 1.807) is 4.90 Å². The van der Waals surface area contributed by atoms with E-state index in [2.05, 4.69) is 33.0 Å².